The van der Waals surface area contributed by atoms with Gasteiger partial charge in [-0.05, 0) is 31.2 Å². The molecule has 0 bridgehead atoms. The molecule has 100 valence electrons. The fraction of sp³-hybridized carbons (Fsp3) is 0.833. The molecular weight excluding hydrogens is 220 g/mol. The molecule has 0 aliphatic heterocycles. The van der Waals surface area contributed by atoms with Crippen molar-refractivity contribution in [3.8, 4) is 0 Å². The summed E-state index contributed by atoms with van der Waals surface area (Å²) in [5.41, 5.74) is 5.60. The van der Waals surface area contributed by atoms with E-state index in [1.807, 2.05) is 0 Å². The first-order chi connectivity index (χ1) is 7.90. The molecule has 0 saturated heterocycles. The summed E-state index contributed by atoms with van der Waals surface area (Å²) in [5.74, 6) is -0.608. The van der Waals surface area contributed by atoms with Crippen molar-refractivity contribution in [3.05, 3.63) is 0 Å². The second-order valence-electron chi connectivity index (χ2n) is 4.80. The Bertz CT molecular complexity index is 254. The smallest absolute Gasteiger partial charge is 0.326 e. The summed E-state index contributed by atoms with van der Waals surface area (Å²) < 4.78 is 0. The number of hydrogen-bond acceptors (Lipinski definition) is 3. The van der Waals surface area contributed by atoms with Crippen LogP contribution >= 0.6 is 0 Å². The fourth-order valence-electron chi connectivity index (χ4n) is 1.78. The van der Waals surface area contributed by atoms with Crippen molar-refractivity contribution in [1.29, 1.82) is 0 Å². The first-order valence-corrected chi connectivity index (χ1v) is 6.12. The summed E-state index contributed by atoms with van der Waals surface area (Å²) in [6.07, 6.45) is 1.57. The molecule has 0 rings (SSSR count). The van der Waals surface area contributed by atoms with Crippen LogP contribution in [0.15, 0.2) is 0 Å². The number of hydrogen-bond donors (Lipinski definition) is 3. The summed E-state index contributed by atoms with van der Waals surface area (Å²) in [6.45, 7) is 6.34. The molecule has 0 radical (unpaired) electrons. The average Bonchev–Trinajstić information content (AvgIpc) is 2.23. The van der Waals surface area contributed by atoms with Crippen LogP contribution in [-0.4, -0.2) is 29.6 Å². The quantitative estimate of drug-likeness (QED) is 0.593. The summed E-state index contributed by atoms with van der Waals surface area (Å²) in [5, 5.41) is 11.3. The van der Waals surface area contributed by atoms with Crippen LogP contribution < -0.4 is 11.1 Å². The van der Waals surface area contributed by atoms with Crippen molar-refractivity contribution in [2.45, 2.75) is 46.1 Å². The Hall–Kier alpha value is -1.10. The van der Waals surface area contributed by atoms with E-state index in [1.165, 1.54) is 0 Å². The van der Waals surface area contributed by atoms with Crippen LogP contribution in [0.5, 0.6) is 0 Å². The number of carbonyl (C=O) groups excluding carboxylic acids is 1. The first-order valence-electron chi connectivity index (χ1n) is 6.12. The Labute approximate surface area is 103 Å². The minimum absolute atomic E-state index is 0.126. The van der Waals surface area contributed by atoms with Crippen molar-refractivity contribution < 1.29 is 14.7 Å². The molecule has 1 unspecified atom stereocenters. The van der Waals surface area contributed by atoms with Gasteiger partial charge in [-0.25, -0.2) is 4.79 Å². The van der Waals surface area contributed by atoms with Crippen molar-refractivity contribution >= 4 is 11.9 Å². The van der Waals surface area contributed by atoms with Gasteiger partial charge in [-0.2, -0.15) is 0 Å². The average molecular weight is 244 g/mol. The predicted octanol–water partition coefficient (Wildman–Crippen LogP) is 0.977. The van der Waals surface area contributed by atoms with Gasteiger partial charge >= 0.3 is 5.97 Å². The van der Waals surface area contributed by atoms with E-state index in [2.05, 4.69) is 19.2 Å². The number of rotatable bonds is 8. The lowest BCUT2D eigenvalue weighted by atomic mass is 9.94. The normalized spacial score (nSPS) is 14.4. The lowest BCUT2D eigenvalue weighted by molar-refractivity contribution is -0.142. The minimum Gasteiger partial charge on any atom is -0.480 e. The maximum absolute atomic E-state index is 11.6. The molecule has 0 aromatic rings. The lowest BCUT2D eigenvalue weighted by Gasteiger charge is -2.18. The molecule has 4 N–H and O–H groups in total. The summed E-state index contributed by atoms with van der Waals surface area (Å²) >= 11 is 0. The molecule has 2 atom stereocenters. The van der Waals surface area contributed by atoms with Crippen LogP contribution in [0.2, 0.25) is 0 Å². The molecule has 0 saturated carbocycles. The van der Waals surface area contributed by atoms with Crippen LogP contribution in [0.25, 0.3) is 0 Å². The van der Waals surface area contributed by atoms with Gasteiger partial charge in [0, 0.05) is 6.42 Å². The molecule has 0 fully saturated rings. The highest BCUT2D eigenvalue weighted by molar-refractivity contribution is 5.83. The van der Waals surface area contributed by atoms with Crippen LogP contribution in [-0.2, 0) is 9.59 Å². The SMILES string of the molecule is CCC(NC(=O)C[C@@H](CN)CC(C)C)C(=O)O. The van der Waals surface area contributed by atoms with Gasteiger partial charge in [0.05, 0.1) is 0 Å². The van der Waals surface area contributed by atoms with E-state index >= 15 is 0 Å². The van der Waals surface area contributed by atoms with Gasteiger partial charge in [0.15, 0.2) is 0 Å². The van der Waals surface area contributed by atoms with Gasteiger partial charge in [-0.15, -0.1) is 0 Å². The third kappa shape index (κ3) is 6.94. The van der Waals surface area contributed by atoms with Crippen molar-refractivity contribution in [2.75, 3.05) is 6.54 Å². The molecule has 0 heterocycles. The number of carbonyl (C=O) groups is 2. The topological polar surface area (TPSA) is 92.4 Å². The zero-order chi connectivity index (χ0) is 13.4. The third-order valence-corrected chi connectivity index (χ3v) is 2.65. The summed E-state index contributed by atoms with van der Waals surface area (Å²) in [6, 6.07) is -0.792. The Kier molecular flexibility index (Phi) is 7.54. The van der Waals surface area contributed by atoms with Crippen LogP contribution in [0.1, 0.15) is 40.0 Å². The van der Waals surface area contributed by atoms with Gasteiger partial charge in [0.25, 0.3) is 0 Å². The Morgan fingerprint density at radius 2 is 1.94 bits per heavy atom. The largest absolute Gasteiger partial charge is 0.480 e. The Morgan fingerprint density at radius 3 is 2.29 bits per heavy atom. The second kappa shape index (κ2) is 8.06. The van der Waals surface area contributed by atoms with E-state index in [-0.39, 0.29) is 11.8 Å². The number of nitrogens with two attached hydrogens (primary N) is 1. The predicted molar refractivity (Wildman–Crippen MR) is 66.5 cm³/mol. The summed E-state index contributed by atoms with van der Waals surface area (Å²) in [7, 11) is 0. The van der Waals surface area contributed by atoms with E-state index in [0.717, 1.165) is 6.42 Å². The number of aliphatic carboxylic acids is 1. The number of carboxylic acid groups (broad SMARTS) is 1. The Balaban J connectivity index is 4.18. The minimum atomic E-state index is -0.992. The molecule has 0 aliphatic rings. The van der Waals surface area contributed by atoms with Gasteiger partial charge < -0.3 is 16.2 Å². The van der Waals surface area contributed by atoms with Crippen LogP contribution in [0.4, 0.5) is 0 Å². The van der Waals surface area contributed by atoms with E-state index in [0.29, 0.717) is 25.3 Å². The van der Waals surface area contributed by atoms with Gasteiger partial charge in [0.1, 0.15) is 6.04 Å². The van der Waals surface area contributed by atoms with E-state index < -0.39 is 12.0 Å². The van der Waals surface area contributed by atoms with Crippen LogP contribution in [0, 0.1) is 11.8 Å². The molecule has 0 spiro atoms. The molecule has 0 aliphatic carbocycles. The van der Waals surface area contributed by atoms with E-state index in [4.69, 9.17) is 10.8 Å². The maximum atomic E-state index is 11.6. The van der Waals surface area contributed by atoms with Gasteiger partial charge in [-0.1, -0.05) is 20.8 Å². The molecule has 5 nitrogen and oxygen atoms in total. The van der Waals surface area contributed by atoms with Gasteiger partial charge in [0.2, 0.25) is 5.91 Å². The molecule has 17 heavy (non-hydrogen) atoms. The highest BCUT2D eigenvalue weighted by Gasteiger charge is 2.20. The standard InChI is InChI=1S/C12H24N2O3/c1-4-10(12(16)17)14-11(15)6-9(7-13)5-8(2)3/h8-10H,4-7,13H2,1-3H3,(H,14,15)(H,16,17)/t9-,10?/m0/s1. The highest BCUT2D eigenvalue weighted by atomic mass is 16.4. The number of amides is 1. The lowest BCUT2D eigenvalue weighted by Crippen LogP contribution is -2.41. The van der Waals surface area contributed by atoms with E-state index in [1.54, 1.807) is 6.92 Å². The van der Waals surface area contributed by atoms with Gasteiger partial charge in [-0.3, -0.25) is 4.79 Å². The molecule has 5 heteroatoms. The summed E-state index contributed by atoms with van der Waals surface area (Å²) in [4.78, 5) is 22.4. The Morgan fingerprint density at radius 1 is 1.35 bits per heavy atom. The monoisotopic (exact) mass is 244 g/mol. The van der Waals surface area contributed by atoms with Crippen molar-refractivity contribution in [2.24, 2.45) is 17.6 Å². The zero-order valence-electron chi connectivity index (χ0n) is 10.9. The molecule has 0 aromatic heterocycles. The fourth-order valence-corrected chi connectivity index (χ4v) is 1.78. The van der Waals surface area contributed by atoms with Crippen LogP contribution in [0.3, 0.4) is 0 Å². The molecular formula is C12H24N2O3. The maximum Gasteiger partial charge on any atom is 0.326 e. The van der Waals surface area contributed by atoms with Crippen molar-refractivity contribution in [3.63, 3.8) is 0 Å². The zero-order valence-corrected chi connectivity index (χ0v) is 10.9. The number of carboxylic acids is 1. The van der Waals surface area contributed by atoms with E-state index in [9.17, 15) is 9.59 Å². The second-order valence-corrected chi connectivity index (χ2v) is 4.80. The number of nitrogens with one attached hydrogen (secondary N) is 1. The third-order valence-electron chi connectivity index (χ3n) is 2.65. The molecule has 0 aromatic carbocycles. The highest BCUT2D eigenvalue weighted by Crippen LogP contribution is 2.14. The van der Waals surface area contributed by atoms with Crippen molar-refractivity contribution in [1.82, 2.24) is 5.32 Å². The molecule has 1 amide bonds. The first kappa shape index (κ1) is 15.9.